The van der Waals surface area contributed by atoms with Crippen molar-refractivity contribution in [3.8, 4) is 0 Å². The minimum absolute atomic E-state index is 0.260. The maximum absolute atomic E-state index is 5.34. The molecule has 0 atom stereocenters. The third kappa shape index (κ3) is 1.54. The van der Waals surface area contributed by atoms with Gasteiger partial charge in [0.1, 0.15) is 0 Å². The quantitative estimate of drug-likeness (QED) is 0.755. The SMILES string of the molecule is COC1=C(C2(C(C)(C)C)CC2)NCC=N1. The Labute approximate surface area is 91.6 Å². The molecule has 2 aliphatic rings. The highest BCUT2D eigenvalue weighted by molar-refractivity contribution is 5.63. The maximum atomic E-state index is 5.34. The van der Waals surface area contributed by atoms with Crippen molar-refractivity contribution in [1.29, 1.82) is 0 Å². The molecule has 1 aliphatic carbocycles. The Morgan fingerprint density at radius 3 is 2.53 bits per heavy atom. The highest BCUT2D eigenvalue weighted by atomic mass is 16.5. The van der Waals surface area contributed by atoms with E-state index in [9.17, 15) is 0 Å². The standard InChI is InChI=1S/C12H20N2O/c1-11(2,3)12(5-6-12)9-10(15-4)14-8-7-13-9/h8,13H,5-7H2,1-4H3. The van der Waals surface area contributed by atoms with Crippen molar-refractivity contribution < 1.29 is 4.74 Å². The van der Waals surface area contributed by atoms with Gasteiger partial charge in [-0.25, -0.2) is 4.99 Å². The van der Waals surface area contributed by atoms with E-state index in [-0.39, 0.29) is 10.8 Å². The van der Waals surface area contributed by atoms with Crippen molar-refractivity contribution in [2.75, 3.05) is 13.7 Å². The Kier molecular flexibility index (Phi) is 2.28. The Balaban J connectivity index is 2.37. The molecule has 0 spiro atoms. The van der Waals surface area contributed by atoms with E-state index in [1.807, 2.05) is 6.21 Å². The molecule has 0 aromatic rings. The van der Waals surface area contributed by atoms with Gasteiger partial charge < -0.3 is 10.1 Å². The van der Waals surface area contributed by atoms with Crippen LogP contribution in [0.5, 0.6) is 0 Å². The van der Waals surface area contributed by atoms with Crippen molar-refractivity contribution in [3.05, 3.63) is 11.6 Å². The molecule has 0 bridgehead atoms. The Bertz CT molecular complexity index is 319. The number of allylic oxidation sites excluding steroid dienone is 1. The van der Waals surface area contributed by atoms with Gasteiger partial charge in [-0.2, -0.15) is 0 Å². The van der Waals surface area contributed by atoms with Crippen LogP contribution in [0.2, 0.25) is 0 Å². The summed E-state index contributed by atoms with van der Waals surface area (Å²) in [6, 6.07) is 0. The van der Waals surface area contributed by atoms with Gasteiger partial charge in [-0.3, -0.25) is 0 Å². The smallest absolute Gasteiger partial charge is 0.233 e. The lowest BCUT2D eigenvalue weighted by Gasteiger charge is -2.34. The summed E-state index contributed by atoms with van der Waals surface area (Å²) in [7, 11) is 1.69. The Morgan fingerprint density at radius 1 is 1.40 bits per heavy atom. The van der Waals surface area contributed by atoms with Crippen LogP contribution in [-0.2, 0) is 4.74 Å². The molecule has 1 N–H and O–H groups in total. The highest BCUT2D eigenvalue weighted by Gasteiger charge is 2.56. The van der Waals surface area contributed by atoms with Crippen molar-refractivity contribution in [1.82, 2.24) is 5.32 Å². The fourth-order valence-corrected chi connectivity index (χ4v) is 2.45. The normalized spacial score (nSPS) is 23.7. The molecule has 0 saturated heterocycles. The minimum Gasteiger partial charge on any atom is -0.480 e. The summed E-state index contributed by atoms with van der Waals surface area (Å²) in [5.41, 5.74) is 1.74. The van der Waals surface area contributed by atoms with Crippen LogP contribution in [0.1, 0.15) is 33.6 Å². The van der Waals surface area contributed by atoms with Crippen LogP contribution in [0.4, 0.5) is 0 Å². The van der Waals surface area contributed by atoms with Crippen LogP contribution in [0.15, 0.2) is 16.6 Å². The molecule has 15 heavy (non-hydrogen) atoms. The second kappa shape index (κ2) is 3.26. The van der Waals surface area contributed by atoms with Crippen molar-refractivity contribution >= 4 is 6.21 Å². The predicted octanol–water partition coefficient (Wildman–Crippen LogP) is 2.30. The zero-order chi connectivity index (χ0) is 11.1. The summed E-state index contributed by atoms with van der Waals surface area (Å²) in [5.74, 6) is 0.772. The molecule has 2 rings (SSSR count). The Morgan fingerprint density at radius 2 is 2.07 bits per heavy atom. The van der Waals surface area contributed by atoms with Crippen molar-refractivity contribution in [2.45, 2.75) is 33.6 Å². The molecule has 1 saturated carbocycles. The number of ether oxygens (including phenoxy) is 1. The average Bonchev–Trinajstić information content (AvgIpc) is 2.97. The zero-order valence-corrected chi connectivity index (χ0v) is 10.1. The highest BCUT2D eigenvalue weighted by Crippen LogP contribution is 2.63. The van der Waals surface area contributed by atoms with Gasteiger partial charge in [-0.15, -0.1) is 0 Å². The first-order valence-electron chi connectivity index (χ1n) is 5.56. The molecule has 3 nitrogen and oxygen atoms in total. The number of hydrogen-bond donors (Lipinski definition) is 1. The molecule has 1 heterocycles. The average molecular weight is 208 g/mol. The largest absolute Gasteiger partial charge is 0.480 e. The lowest BCUT2D eigenvalue weighted by Crippen LogP contribution is -2.35. The van der Waals surface area contributed by atoms with Gasteiger partial charge in [-0.05, 0) is 18.3 Å². The Hall–Kier alpha value is -0.990. The minimum atomic E-state index is 0.260. The summed E-state index contributed by atoms with van der Waals surface area (Å²) in [6.45, 7) is 7.70. The van der Waals surface area contributed by atoms with E-state index in [4.69, 9.17) is 4.74 Å². The first-order chi connectivity index (χ1) is 7.01. The van der Waals surface area contributed by atoms with E-state index in [0.29, 0.717) is 0 Å². The second-order valence-corrected chi connectivity index (χ2v) is 5.41. The lowest BCUT2D eigenvalue weighted by molar-refractivity contribution is 0.213. The molecule has 0 aromatic heterocycles. The topological polar surface area (TPSA) is 33.6 Å². The van der Waals surface area contributed by atoms with Crippen molar-refractivity contribution in [3.63, 3.8) is 0 Å². The van der Waals surface area contributed by atoms with E-state index in [1.165, 1.54) is 18.5 Å². The summed E-state index contributed by atoms with van der Waals surface area (Å²) >= 11 is 0. The number of nitrogens with one attached hydrogen (secondary N) is 1. The monoisotopic (exact) mass is 208 g/mol. The molecule has 0 aromatic carbocycles. The van der Waals surface area contributed by atoms with E-state index in [1.54, 1.807) is 7.11 Å². The van der Waals surface area contributed by atoms with Gasteiger partial charge in [0.2, 0.25) is 5.88 Å². The number of methoxy groups -OCH3 is 1. The molecule has 0 radical (unpaired) electrons. The van der Waals surface area contributed by atoms with Gasteiger partial charge in [0.05, 0.1) is 19.4 Å². The first-order valence-corrected chi connectivity index (χ1v) is 5.56. The molecule has 3 heteroatoms. The fraction of sp³-hybridized carbons (Fsp3) is 0.750. The van der Waals surface area contributed by atoms with Crippen molar-refractivity contribution in [2.24, 2.45) is 15.8 Å². The number of aliphatic imine (C=N–C) groups is 1. The van der Waals surface area contributed by atoms with Gasteiger partial charge in [-0.1, -0.05) is 20.8 Å². The molecule has 1 aliphatic heterocycles. The molecule has 84 valence electrons. The van der Waals surface area contributed by atoms with E-state index in [2.05, 4.69) is 31.1 Å². The summed E-state index contributed by atoms with van der Waals surface area (Å²) in [6.07, 6.45) is 4.34. The summed E-state index contributed by atoms with van der Waals surface area (Å²) in [5, 5.41) is 3.43. The van der Waals surface area contributed by atoms with Gasteiger partial charge >= 0.3 is 0 Å². The molecule has 0 amide bonds. The van der Waals surface area contributed by atoms with Crippen LogP contribution < -0.4 is 5.32 Å². The number of nitrogens with zero attached hydrogens (tertiary/aromatic N) is 1. The van der Waals surface area contributed by atoms with Crippen LogP contribution in [0.25, 0.3) is 0 Å². The predicted molar refractivity (Wildman–Crippen MR) is 61.7 cm³/mol. The molecule has 0 unspecified atom stereocenters. The second-order valence-electron chi connectivity index (χ2n) is 5.41. The van der Waals surface area contributed by atoms with Crippen LogP contribution in [0.3, 0.4) is 0 Å². The van der Waals surface area contributed by atoms with Crippen LogP contribution >= 0.6 is 0 Å². The molecular formula is C12H20N2O. The summed E-state index contributed by atoms with van der Waals surface area (Å²) in [4.78, 5) is 4.32. The number of hydrogen-bond acceptors (Lipinski definition) is 3. The fourth-order valence-electron chi connectivity index (χ4n) is 2.45. The third-order valence-corrected chi connectivity index (χ3v) is 3.65. The van der Waals surface area contributed by atoms with Gasteiger partial charge in [0.15, 0.2) is 0 Å². The third-order valence-electron chi connectivity index (χ3n) is 3.65. The van der Waals surface area contributed by atoms with E-state index in [0.717, 1.165) is 12.4 Å². The van der Waals surface area contributed by atoms with Gasteiger partial charge in [0, 0.05) is 11.6 Å². The maximum Gasteiger partial charge on any atom is 0.233 e. The van der Waals surface area contributed by atoms with E-state index < -0.39 is 0 Å². The lowest BCUT2D eigenvalue weighted by atomic mass is 9.75. The zero-order valence-electron chi connectivity index (χ0n) is 10.1. The molecule has 1 fully saturated rings. The number of rotatable bonds is 2. The van der Waals surface area contributed by atoms with Crippen LogP contribution in [0, 0.1) is 10.8 Å². The molecular weight excluding hydrogens is 188 g/mol. The van der Waals surface area contributed by atoms with E-state index >= 15 is 0 Å². The summed E-state index contributed by atoms with van der Waals surface area (Å²) < 4.78 is 5.34. The van der Waals surface area contributed by atoms with Crippen LogP contribution in [-0.4, -0.2) is 19.9 Å². The van der Waals surface area contributed by atoms with Gasteiger partial charge in [0.25, 0.3) is 0 Å². The first kappa shape index (κ1) is 10.5.